The Balaban J connectivity index is 1.67. The lowest BCUT2D eigenvalue weighted by Crippen LogP contribution is -2.35. The molecule has 3 aromatic rings. The number of hydrogen-bond acceptors (Lipinski definition) is 4. The second-order valence-electron chi connectivity index (χ2n) is 6.97. The number of pyridine rings is 1. The summed E-state index contributed by atoms with van der Waals surface area (Å²) in [6.45, 7) is 6.41. The molecule has 25 heavy (non-hydrogen) atoms. The quantitative estimate of drug-likeness (QED) is 0.647. The Hall–Kier alpha value is -1.95. The van der Waals surface area contributed by atoms with Crippen LogP contribution in [0.5, 0.6) is 0 Å². The first-order valence-electron chi connectivity index (χ1n) is 8.82. The highest BCUT2D eigenvalue weighted by atomic mass is 79.9. The summed E-state index contributed by atoms with van der Waals surface area (Å²) in [7, 11) is 0. The van der Waals surface area contributed by atoms with Crippen molar-refractivity contribution in [2.75, 3.05) is 18.0 Å². The molecule has 2 aromatic heterocycles. The highest BCUT2D eigenvalue weighted by Crippen LogP contribution is 2.33. The second kappa shape index (κ2) is 6.75. The van der Waals surface area contributed by atoms with Crippen LogP contribution in [0.4, 0.5) is 5.69 Å². The van der Waals surface area contributed by atoms with E-state index >= 15 is 0 Å². The molecule has 3 heterocycles. The van der Waals surface area contributed by atoms with Crippen molar-refractivity contribution in [3.63, 3.8) is 0 Å². The lowest BCUT2D eigenvalue weighted by Gasteiger charge is -2.35. The minimum Gasteiger partial charge on any atom is -0.370 e. The number of aromatic nitrogens is 4. The first-order chi connectivity index (χ1) is 12.1. The minimum absolute atomic E-state index is 0.388. The average molecular weight is 400 g/mol. The number of benzene rings is 1. The van der Waals surface area contributed by atoms with Crippen LogP contribution >= 0.6 is 15.9 Å². The molecule has 1 unspecified atom stereocenters. The van der Waals surface area contributed by atoms with Gasteiger partial charge in [-0.2, -0.15) is 0 Å². The van der Waals surface area contributed by atoms with E-state index in [-0.39, 0.29) is 0 Å². The van der Waals surface area contributed by atoms with Gasteiger partial charge in [0.05, 0.1) is 5.52 Å². The molecule has 130 valence electrons. The van der Waals surface area contributed by atoms with Crippen LogP contribution in [0.15, 0.2) is 41.3 Å². The summed E-state index contributed by atoms with van der Waals surface area (Å²) in [6.07, 6.45) is 6.09. The van der Waals surface area contributed by atoms with E-state index in [9.17, 15) is 0 Å². The van der Waals surface area contributed by atoms with Gasteiger partial charge in [-0.1, -0.05) is 15.9 Å². The van der Waals surface area contributed by atoms with Crippen molar-refractivity contribution in [3.8, 4) is 0 Å². The van der Waals surface area contributed by atoms with Gasteiger partial charge in [0.15, 0.2) is 0 Å². The lowest BCUT2D eigenvalue weighted by atomic mass is 9.96. The lowest BCUT2D eigenvalue weighted by molar-refractivity contribution is 0.455. The third-order valence-electron chi connectivity index (χ3n) is 4.97. The molecule has 0 radical (unpaired) electrons. The van der Waals surface area contributed by atoms with Crippen LogP contribution in [0.2, 0.25) is 0 Å². The standard InChI is InChI=1S/C19H22BrN5/c1-13(2)25-12-22-23-19(25)14-4-3-9-24(11-14)18-7-8-21-17-10-15(20)5-6-16(17)18/h5-8,10,12-14H,3-4,9,11H2,1-2H3. The molecule has 0 aliphatic carbocycles. The number of piperidine rings is 1. The van der Waals surface area contributed by atoms with E-state index in [4.69, 9.17) is 0 Å². The van der Waals surface area contributed by atoms with Crippen LogP contribution in [0.1, 0.15) is 44.5 Å². The van der Waals surface area contributed by atoms with E-state index in [1.807, 2.05) is 12.5 Å². The van der Waals surface area contributed by atoms with Gasteiger partial charge in [-0.3, -0.25) is 4.98 Å². The third-order valence-corrected chi connectivity index (χ3v) is 5.46. The molecule has 0 saturated carbocycles. The molecule has 1 aromatic carbocycles. The number of hydrogen-bond donors (Lipinski definition) is 0. The van der Waals surface area contributed by atoms with E-state index in [0.717, 1.165) is 41.7 Å². The Labute approximate surface area is 156 Å². The number of rotatable bonds is 3. The molecule has 1 aliphatic rings. The van der Waals surface area contributed by atoms with Crippen LogP contribution in [-0.4, -0.2) is 32.8 Å². The van der Waals surface area contributed by atoms with E-state index in [1.54, 1.807) is 0 Å². The van der Waals surface area contributed by atoms with Gasteiger partial charge in [0.1, 0.15) is 12.2 Å². The van der Waals surface area contributed by atoms with Crippen LogP contribution in [-0.2, 0) is 0 Å². The van der Waals surface area contributed by atoms with Gasteiger partial charge in [-0.25, -0.2) is 0 Å². The van der Waals surface area contributed by atoms with E-state index in [1.165, 1.54) is 11.1 Å². The van der Waals surface area contributed by atoms with Gasteiger partial charge in [0, 0.05) is 46.8 Å². The maximum atomic E-state index is 4.52. The third kappa shape index (κ3) is 3.15. The zero-order valence-electron chi connectivity index (χ0n) is 14.6. The zero-order valence-corrected chi connectivity index (χ0v) is 16.1. The van der Waals surface area contributed by atoms with Crippen molar-refractivity contribution in [2.24, 2.45) is 0 Å². The van der Waals surface area contributed by atoms with Gasteiger partial charge in [-0.05, 0) is 51.0 Å². The molecule has 1 saturated heterocycles. The van der Waals surface area contributed by atoms with Crippen molar-refractivity contribution in [1.82, 2.24) is 19.7 Å². The van der Waals surface area contributed by atoms with E-state index in [2.05, 4.69) is 78.7 Å². The fourth-order valence-corrected chi connectivity index (χ4v) is 4.08. The summed E-state index contributed by atoms with van der Waals surface area (Å²) in [5.74, 6) is 1.53. The highest BCUT2D eigenvalue weighted by Gasteiger charge is 2.26. The number of nitrogens with zero attached hydrogens (tertiary/aromatic N) is 5. The predicted octanol–water partition coefficient (Wildman–Crippen LogP) is 4.55. The fourth-order valence-electron chi connectivity index (χ4n) is 3.73. The molecule has 4 rings (SSSR count). The first kappa shape index (κ1) is 16.5. The summed E-state index contributed by atoms with van der Waals surface area (Å²) in [5, 5.41) is 9.79. The maximum Gasteiger partial charge on any atom is 0.137 e. The van der Waals surface area contributed by atoms with Crippen LogP contribution < -0.4 is 4.90 Å². The Bertz CT molecular complexity index is 888. The van der Waals surface area contributed by atoms with Gasteiger partial charge >= 0.3 is 0 Å². The smallest absolute Gasteiger partial charge is 0.137 e. The molecule has 6 heteroatoms. The highest BCUT2D eigenvalue weighted by molar-refractivity contribution is 9.10. The maximum absolute atomic E-state index is 4.52. The SMILES string of the molecule is CC(C)n1cnnc1C1CCCN(c2ccnc3cc(Br)ccc23)C1. The molecule has 0 spiro atoms. The monoisotopic (exact) mass is 399 g/mol. The predicted molar refractivity (Wildman–Crippen MR) is 104 cm³/mol. The zero-order chi connectivity index (χ0) is 17.4. The van der Waals surface area contributed by atoms with Crippen molar-refractivity contribution >= 4 is 32.5 Å². The van der Waals surface area contributed by atoms with Gasteiger partial charge < -0.3 is 9.47 Å². The van der Waals surface area contributed by atoms with E-state index < -0.39 is 0 Å². The molecule has 1 atom stereocenters. The molecule has 0 bridgehead atoms. The Morgan fingerprint density at radius 3 is 2.96 bits per heavy atom. The van der Waals surface area contributed by atoms with Crippen LogP contribution in [0.3, 0.4) is 0 Å². The topological polar surface area (TPSA) is 46.8 Å². The average Bonchev–Trinajstić information content (AvgIpc) is 3.11. The van der Waals surface area contributed by atoms with Gasteiger partial charge in [-0.15, -0.1) is 10.2 Å². The number of fused-ring (bicyclic) bond motifs is 1. The molecular formula is C19H22BrN5. The summed E-state index contributed by atoms with van der Waals surface area (Å²) in [5.41, 5.74) is 2.29. The van der Waals surface area contributed by atoms with Crippen molar-refractivity contribution in [3.05, 3.63) is 47.1 Å². The summed E-state index contributed by atoms with van der Waals surface area (Å²) < 4.78 is 3.27. The second-order valence-corrected chi connectivity index (χ2v) is 7.88. The molecule has 1 fully saturated rings. The summed E-state index contributed by atoms with van der Waals surface area (Å²) in [6, 6.07) is 8.84. The number of anilines is 1. The molecule has 0 N–H and O–H groups in total. The largest absolute Gasteiger partial charge is 0.370 e. The molecule has 5 nitrogen and oxygen atoms in total. The summed E-state index contributed by atoms with van der Waals surface area (Å²) in [4.78, 5) is 7.00. The Morgan fingerprint density at radius 1 is 1.24 bits per heavy atom. The fraction of sp³-hybridized carbons (Fsp3) is 0.421. The molecule has 0 amide bonds. The Kier molecular flexibility index (Phi) is 4.46. The summed E-state index contributed by atoms with van der Waals surface area (Å²) >= 11 is 3.54. The van der Waals surface area contributed by atoms with E-state index in [0.29, 0.717) is 12.0 Å². The number of halogens is 1. The minimum atomic E-state index is 0.388. The Morgan fingerprint density at radius 2 is 2.12 bits per heavy atom. The van der Waals surface area contributed by atoms with Crippen LogP contribution in [0.25, 0.3) is 10.9 Å². The van der Waals surface area contributed by atoms with Crippen molar-refractivity contribution in [2.45, 2.75) is 38.6 Å². The first-order valence-corrected chi connectivity index (χ1v) is 9.61. The van der Waals surface area contributed by atoms with Crippen molar-refractivity contribution in [1.29, 1.82) is 0 Å². The van der Waals surface area contributed by atoms with Crippen molar-refractivity contribution < 1.29 is 0 Å². The molecule has 1 aliphatic heterocycles. The van der Waals surface area contributed by atoms with Gasteiger partial charge in [0.2, 0.25) is 0 Å². The van der Waals surface area contributed by atoms with Gasteiger partial charge in [0.25, 0.3) is 0 Å². The van der Waals surface area contributed by atoms with Crippen LogP contribution in [0, 0.1) is 0 Å². The molecular weight excluding hydrogens is 378 g/mol. The normalized spacial score (nSPS) is 18.2.